The summed E-state index contributed by atoms with van der Waals surface area (Å²) in [5.41, 5.74) is 3.16. The predicted octanol–water partition coefficient (Wildman–Crippen LogP) is 4.03. The standard InChI is InChI=1S/C28H26N4O3/c33-23-8-4-20(5-9-23)27(21-6-10-24(34)11-7-21)25-19-22(12-14-29-25)28(35)32-17-15-31(16-18-32)26-3-1-2-13-30-26/h1-14,19,27,33-34H,15-18H2. The molecule has 1 fully saturated rings. The first kappa shape index (κ1) is 22.4. The van der Waals surface area contributed by atoms with Crippen LogP contribution in [0, 0.1) is 0 Å². The summed E-state index contributed by atoms with van der Waals surface area (Å²) in [7, 11) is 0. The first-order valence-corrected chi connectivity index (χ1v) is 11.6. The van der Waals surface area contributed by atoms with Gasteiger partial charge in [0, 0.05) is 44.1 Å². The zero-order valence-electron chi connectivity index (χ0n) is 19.2. The van der Waals surface area contributed by atoms with Crippen LogP contribution in [-0.4, -0.2) is 57.2 Å². The van der Waals surface area contributed by atoms with Gasteiger partial charge in [-0.3, -0.25) is 9.78 Å². The van der Waals surface area contributed by atoms with Gasteiger partial charge in [0.05, 0.1) is 11.6 Å². The Labute approximate surface area is 203 Å². The lowest BCUT2D eigenvalue weighted by Crippen LogP contribution is -2.49. The second-order valence-corrected chi connectivity index (χ2v) is 8.55. The van der Waals surface area contributed by atoms with Crippen molar-refractivity contribution >= 4 is 11.7 Å². The Morgan fingerprint density at radius 1 is 0.743 bits per heavy atom. The molecule has 176 valence electrons. The highest BCUT2D eigenvalue weighted by Crippen LogP contribution is 2.33. The van der Waals surface area contributed by atoms with Gasteiger partial charge in [-0.15, -0.1) is 0 Å². The molecule has 4 aromatic rings. The molecule has 1 amide bonds. The molecular formula is C28H26N4O3. The highest BCUT2D eigenvalue weighted by molar-refractivity contribution is 5.94. The summed E-state index contributed by atoms with van der Waals surface area (Å²) in [6.07, 6.45) is 3.45. The normalized spacial score (nSPS) is 13.7. The van der Waals surface area contributed by atoms with Crippen LogP contribution in [0.3, 0.4) is 0 Å². The fourth-order valence-electron chi connectivity index (χ4n) is 4.47. The van der Waals surface area contributed by atoms with Gasteiger partial charge in [0.25, 0.3) is 5.91 Å². The van der Waals surface area contributed by atoms with E-state index in [1.165, 1.54) is 0 Å². The Morgan fingerprint density at radius 3 is 1.94 bits per heavy atom. The Balaban J connectivity index is 1.39. The van der Waals surface area contributed by atoms with Crippen LogP contribution in [0.15, 0.2) is 91.3 Å². The first-order chi connectivity index (χ1) is 17.1. The van der Waals surface area contributed by atoms with Crippen molar-refractivity contribution in [3.8, 4) is 11.5 Å². The minimum Gasteiger partial charge on any atom is -0.508 e. The molecule has 1 aliphatic rings. The fraction of sp³-hybridized carbons (Fsp3) is 0.179. The van der Waals surface area contributed by atoms with Crippen LogP contribution < -0.4 is 4.90 Å². The van der Waals surface area contributed by atoms with Crippen molar-refractivity contribution in [1.29, 1.82) is 0 Å². The predicted molar refractivity (Wildman–Crippen MR) is 134 cm³/mol. The number of piperazine rings is 1. The highest BCUT2D eigenvalue weighted by Gasteiger charge is 2.25. The van der Waals surface area contributed by atoms with Crippen LogP contribution in [0.25, 0.3) is 0 Å². The van der Waals surface area contributed by atoms with E-state index < -0.39 is 0 Å². The third-order valence-electron chi connectivity index (χ3n) is 6.32. The summed E-state index contributed by atoms with van der Waals surface area (Å²) in [5, 5.41) is 19.5. The van der Waals surface area contributed by atoms with Gasteiger partial charge in [-0.1, -0.05) is 30.3 Å². The highest BCUT2D eigenvalue weighted by atomic mass is 16.3. The lowest BCUT2D eigenvalue weighted by Gasteiger charge is -2.35. The molecule has 1 saturated heterocycles. The van der Waals surface area contributed by atoms with Gasteiger partial charge >= 0.3 is 0 Å². The number of aromatic hydroxyl groups is 2. The molecule has 2 aromatic heterocycles. The second kappa shape index (κ2) is 9.85. The molecule has 0 bridgehead atoms. The van der Waals surface area contributed by atoms with Crippen molar-refractivity contribution in [3.05, 3.63) is 114 Å². The number of phenolic OH excluding ortho intramolecular Hbond substituents is 2. The minimum atomic E-state index is -0.259. The van der Waals surface area contributed by atoms with Crippen LogP contribution in [0.4, 0.5) is 5.82 Å². The maximum absolute atomic E-state index is 13.4. The molecule has 0 radical (unpaired) electrons. The molecule has 7 nitrogen and oxygen atoms in total. The smallest absolute Gasteiger partial charge is 0.254 e. The van der Waals surface area contributed by atoms with E-state index in [9.17, 15) is 15.0 Å². The van der Waals surface area contributed by atoms with E-state index >= 15 is 0 Å². The topological polar surface area (TPSA) is 89.8 Å². The number of hydrogen-bond acceptors (Lipinski definition) is 6. The number of nitrogens with zero attached hydrogens (tertiary/aromatic N) is 4. The Morgan fingerprint density at radius 2 is 1.37 bits per heavy atom. The number of rotatable bonds is 5. The number of aromatic nitrogens is 2. The molecule has 0 atom stereocenters. The number of carbonyl (C=O) groups excluding carboxylic acids is 1. The quantitative estimate of drug-likeness (QED) is 0.462. The van der Waals surface area contributed by atoms with E-state index in [-0.39, 0.29) is 23.3 Å². The van der Waals surface area contributed by atoms with Gasteiger partial charge in [0.2, 0.25) is 0 Å². The summed E-state index contributed by atoms with van der Waals surface area (Å²) >= 11 is 0. The molecule has 0 saturated carbocycles. The van der Waals surface area contributed by atoms with Crippen molar-refractivity contribution in [2.45, 2.75) is 5.92 Å². The zero-order valence-corrected chi connectivity index (χ0v) is 19.2. The zero-order chi connectivity index (χ0) is 24.2. The van der Waals surface area contributed by atoms with E-state index in [0.717, 1.165) is 35.7 Å². The maximum atomic E-state index is 13.4. The van der Waals surface area contributed by atoms with Crippen molar-refractivity contribution in [3.63, 3.8) is 0 Å². The van der Waals surface area contributed by atoms with Gasteiger partial charge in [-0.05, 0) is 59.7 Å². The van der Waals surface area contributed by atoms with Crippen LogP contribution >= 0.6 is 0 Å². The summed E-state index contributed by atoms with van der Waals surface area (Å²) in [6, 6.07) is 23.4. The first-order valence-electron chi connectivity index (χ1n) is 11.6. The molecule has 3 heterocycles. The molecule has 35 heavy (non-hydrogen) atoms. The number of amides is 1. The van der Waals surface area contributed by atoms with Gasteiger partial charge < -0.3 is 20.0 Å². The Bertz CT molecular complexity index is 1240. The monoisotopic (exact) mass is 466 g/mol. The van der Waals surface area contributed by atoms with Crippen molar-refractivity contribution in [1.82, 2.24) is 14.9 Å². The second-order valence-electron chi connectivity index (χ2n) is 8.55. The van der Waals surface area contributed by atoms with Crippen LogP contribution in [-0.2, 0) is 0 Å². The van der Waals surface area contributed by atoms with Gasteiger partial charge in [0.15, 0.2) is 0 Å². The van der Waals surface area contributed by atoms with Gasteiger partial charge in [0.1, 0.15) is 17.3 Å². The molecule has 0 spiro atoms. The van der Waals surface area contributed by atoms with Crippen molar-refractivity contribution in [2.24, 2.45) is 0 Å². The Hall–Kier alpha value is -4.39. The number of pyridine rings is 2. The summed E-state index contributed by atoms with van der Waals surface area (Å²) in [6.45, 7) is 2.69. The molecule has 5 rings (SSSR count). The minimum absolute atomic E-state index is 0.0236. The van der Waals surface area contributed by atoms with E-state index in [0.29, 0.717) is 18.7 Å². The van der Waals surface area contributed by atoms with Gasteiger partial charge in [-0.25, -0.2) is 4.98 Å². The number of phenols is 2. The van der Waals surface area contributed by atoms with E-state index in [4.69, 9.17) is 0 Å². The number of anilines is 1. The van der Waals surface area contributed by atoms with Crippen molar-refractivity contribution in [2.75, 3.05) is 31.1 Å². The van der Waals surface area contributed by atoms with E-state index in [1.54, 1.807) is 42.7 Å². The lowest BCUT2D eigenvalue weighted by molar-refractivity contribution is 0.0746. The summed E-state index contributed by atoms with van der Waals surface area (Å²) in [4.78, 5) is 26.5. The van der Waals surface area contributed by atoms with Crippen LogP contribution in [0.2, 0.25) is 0 Å². The third kappa shape index (κ3) is 4.94. The summed E-state index contributed by atoms with van der Waals surface area (Å²) < 4.78 is 0. The molecule has 0 unspecified atom stereocenters. The van der Waals surface area contributed by atoms with E-state index in [1.807, 2.05) is 53.4 Å². The molecule has 2 aromatic carbocycles. The molecule has 7 heteroatoms. The van der Waals surface area contributed by atoms with Gasteiger partial charge in [-0.2, -0.15) is 0 Å². The third-order valence-corrected chi connectivity index (χ3v) is 6.32. The van der Waals surface area contributed by atoms with Crippen LogP contribution in [0.1, 0.15) is 33.1 Å². The largest absolute Gasteiger partial charge is 0.508 e. The SMILES string of the molecule is O=C(c1ccnc(C(c2ccc(O)cc2)c2ccc(O)cc2)c1)N1CCN(c2ccccn2)CC1. The average Bonchev–Trinajstić information content (AvgIpc) is 2.91. The number of carbonyl (C=O) groups is 1. The molecule has 0 aliphatic carbocycles. The summed E-state index contributed by atoms with van der Waals surface area (Å²) in [5.74, 6) is 1.01. The fourth-order valence-corrected chi connectivity index (χ4v) is 4.47. The average molecular weight is 467 g/mol. The number of hydrogen-bond donors (Lipinski definition) is 2. The molecule has 1 aliphatic heterocycles. The Kier molecular flexibility index (Phi) is 6.30. The van der Waals surface area contributed by atoms with Crippen molar-refractivity contribution < 1.29 is 15.0 Å². The molecular weight excluding hydrogens is 440 g/mol. The maximum Gasteiger partial charge on any atom is 0.254 e. The number of benzene rings is 2. The molecule has 2 N–H and O–H groups in total. The lowest BCUT2D eigenvalue weighted by atomic mass is 9.87. The van der Waals surface area contributed by atoms with Crippen LogP contribution in [0.5, 0.6) is 11.5 Å². The van der Waals surface area contributed by atoms with E-state index in [2.05, 4.69) is 14.9 Å².